The molecule has 0 spiro atoms. The Morgan fingerprint density at radius 3 is 2.34 bits per heavy atom. The number of rotatable bonds is 7. The van der Waals surface area contributed by atoms with Crippen molar-refractivity contribution in [3.63, 3.8) is 0 Å². The smallest absolute Gasteiger partial charge is 0.244 e. The summed E-state index contributed by atoms with van der Waals surface area (Å²) in [5.74, 6) is 0.703. The number of hydrogen-bond acceptors (Lipinski definition) is 5. The molecular weight excluding hydrogens is 426 g/mol. The first-order valence-corrected chi connectivity index (χ1v) is 12.3. The molecule has 1 saturated heterocycles. The molecule has 2 aromatic rings. The summed E-state index contributed by atoms with van der Waals surface area (Å²) in [4.78, 5) is 15.3. The van der Waals surface area contributed by atoms with Crippen LogP contribution in [0.2, 0.25) is 0 Å². The highest BCUT2D eigenvalue weighted by atomic mass is 32.2. The van der Waals surface area contributed by atoms with Crippen molar-refractivity contribution in [1.29, 1.82) is 5.26 Å². The van der Waals surface area contributed by atoms with Gasteiger partial charge in [-0.3, -0.25) is 4.79 Å². The van der Waals surface area contributed by atoms with E-state index in [4.69, 9.17) is 4.74 Å². The fourth-order valence-electron chi connectivity index (χ4n) is 4.20. The number of ether oxygens (including phenoxy) is 1. The van der Waals surface area contributed by atoms with Crippen molar-refractivity contribution < 1.29 is 17.9 Å². The Morgan fingerprint density at radius 2 is 1.75 bits per heavy atom. The van der Waals surface area contributed by atoms with Crippen LogP contribution in [0.4, 0.5) is 0 Å². The molecule has 0 unspecified atom stereocenters. The highest BCUT2D eigenvalue weighted by molar-refractivity contribution is 7.89. The fraction of sp³-hybridized carbons (Fsp3) is 0.417. The first-order valence-electron chi connectivity index (χ1n) is 10.9. The standard InChI is InChI=1S/C24H27N3O4S/c1-31-22-10-6-18(7-11-22)17-27(21-8-9-21)24(28)19-12-14-26(15-13-19)32(29,30)23-5-3-2-4-20(23)16-25/h2-7,10-11,19,21H,8-9,12-15,17H2,1H3. The highest BCUT2D eigenvalue weighted by Crippen LogP contribution is 2.33. The Bertz CT molecular complexity index is 1110. The average molecular weight is 454 g/mol. The van der Waals surface area contributed by atoms with Crippen LogP contribution in [-0.4, -0.2) is 49.8 Å². The number of amides is 1. The minimum absolute atomic E-state index is 0.0337. The van der Waals surface area contributed by atoms with Gasteiger partial charge in [0.25, 0.3) is 0 Å². The van der Waals surface area contributed by atoms with Gasteiger partial charge in [0.15, 0.2) is 0 Å². The maximum Gasteiger partial charge on any atom is 0.244 e. The summed E-state index contributed by atoms with van der Waals surface area (Å²) in [5.41, 5.74) is 1.20. The van der Waals surface area contributed by atoms with E-state index in [1.54, 1.807) is 19.2 Å². The summed E-state index contributed by atoms with van der Waals surface area (Å²) in [7, 11) is -2.13. The van der Waals surface area contributed by atoms with Crippen molar-refractivity contribution in [3.05, 3.63) is 59.7 Å². The summed E-state index contributed by atoms with van der Waals surface area (Å²) in [6.45, 7) is 1.11. The van der Waals surface area contributed by atoms with Crippen LogP contribution < -0.4 is 4.74 Å². The van der Waals surface area contributed by atoms with Crippen LogP contribution in [0.1, 0.15) is 36.8 Å². The lowest BCUT2D eigenvalue weighted by atomic mass is 9.96. The van der Waals surface area contributed by atoms with Crippen LogP contribution in [0, 0.1) is 17.2 Å². The minimum atomic E-state index is -3.76. The molecular formula is C24H27N3O4S. The number of nitrogens with zero attached hydrogens (tertiary/aromatic N) is 3. The van der Waals surface area contributed by atoms with Crippen molar-refractivity contribution in [2.75, 3.05) is 20.2 Å². The predicted octanol–water partition coefficient (Wildman–Crippen LogP) is 3.16. The molecule has 4 rings (SSSR count). The second-order valence-electron chi connectivity index (χ2n) is 8.33. The molecule has 0 radical (unpaired) electrons. The van der Waals surface area contributed by atoms with Crippen LogP contribution >= 0.6 is 0 Å². The van der Waals surface area contributed by atoms with E-state index in [9.17, 15) is 18.5 Å². The maximum absolute atomic E-state index is 13.3. The molecule has 2 fully saturated rings. The molecule has 2 aromatic carbocycles. The summed E-state index contributed by atoms with van der Waals surface area (Å²) >= 11 is 0. The third-order valence-corrected chi connectivity index (χ3v) is 8.17. The molecule has 2 aliphatic rings. The number of hydrogen-bond donors (Lipinski definition) is 0. The van der Waals surface area contributed by atoms with Gasteiger partial charge < -0.3 is 9.64 Å². The Labute approximate surface area is 189 Å². The van der Waals surface area contributed by atoms with Gasteiger partial charge in [0, 0.05) is 31.6 Å². The number of sulfonamides is 1. The molecule has 1 saturated carbocycles. The SMILES string of the molecule is COc1ccc(CN(C(=O)C2CCN(S(=O)(=O)c3ccccc3C#N)CC2)C2CC2)cc1. The fourth-order valence-corrected chi connectivity index (χ4v) is 5.81. The van der Waals surface area contributed by atoms with Crippen molar-refractivity contribution in [2.45, 2.75) is 43.2 Å². The van der Waals surface area contributed by atoms with Gasteiger partial charge in [-0.15, -0.1) is 0 Å². The van der Waals surface area contributed by atoms with E-state index in [-0.39, 0.29) is 41.4 Å². The third kappa shape index (κ3) is 4.64. The Kier molecular flexibility index (Phi) is 6.49. The molecule has 0 atom stereocenters. The van der Waals surface area contributed by atoms with E-state index >= 15 is 0 Å². The van der Waals surface area contributed by atoms with E-state index in [0.717, 1.165) is 24.2 Å². The van der Waals surface area contributed by atoms with Gasteiger partial charge >= 0.3 is 0 Å². The molecule has 1 amide bonds. The zero-order valence-electron chi connectivity index (χ0n) is 18.1. The molecule has 1 aliphatic carbocycles. The largest absolute Gasteiger partial charge is 0.497 e. The monoisotopic (exact) mass is 453 g/mol. The van der Waals surface area contributed by atoms with E-state index in [1.165, 1.54) is 16.4 Å². The van der Waals surface area contributed by atoms with Gasteiger partial charge in [0.05, 0.1) is 17.6 Å². The second-order valence-corrected chi connectivity index (χ2v) is 10.2. The molecule has 168 valence electrons. The first-order chi connectivity index (χ1) is 15.4. The zero-order valence-corrected chi connectivity index (χ0v) is 18.9. The van der Waals surface area contributed by atoms with Gasteiger partial charge in [0.2, 0.25) is 15.9 Å². The van der Waals surface area contributed by atoms with Crippen LogP contribution in [0.3, 0.4) is 0 Å². The van der Waals surface area contributed by atoms with Crippen LogP contribution in [0.15, 0.2) is 53.4 Å². The molecule has 0 aromatic heterocycles. The quantitative estimate of drug-likeness (QED) is 0.642. The highest BCUT2D eigenvalue weighted by Gasteiger charge is 2.39. The number of piperidine rings is 1. The lowest BCUT2D eigenvalue weighted by Gasteiger charge is -2.34. The van der Waals surface area contributed by atoms with Gasteiger partial charge in [0.1, 0.15) is 11.8 Å². The molecule has 32 heavy (non-hydrogen) atoms. The van der Waals surface area contributed by atoms with Gasteiger partial charge in [-0.2, -0.15) is 9.57 Å². The van der Waals surface area contributed by atoms with Crippen molar-refractivity contribution in [2.24, 2.45) is 5.92 Å². The molecule has 8 heteroatoms. The lowest BCUT2D eigenvalue weighted by molar-refractivity contribution is -0.138. The maximum atomic E-state index is 13.3. The Balaban J connectivity index is 1.42. The number of benzene rings is 2. The summed E-state index contributed by atoms with van der Waals surface area (Å²) in [5, 5.41) is 9.27. The van der Waals surface area contributed by atoms with E-state index < -0.39 is 10.0 Å². The van der Waals surface area contributed by atoms with E-state index in [1.807, 2.05) is 35.2 Å². The molecule has 0 N–H and O–H groups in total. The number of nitriles is 1. The Hall–Kier alpha value is -2.89. The zero-order chi connectivity index (χ0) is 22.7. The van der Waals surface area contributed by atoms with Crippen molar-refractivity contribution in [3.8, 4) is 11.8 Å². The van der Waals surface area contributed by atoms with E-state index in [2.05, 4.69) is 0 Å². The molecule has 1 heterocycles. The van der Waals surface area contributed by atoms with Gasteiger partial charge in [-0.25, -0.2) is 8.42 Å². The number of carbonyl (C=O) groups excluding carboxylic acids is 1. The average Bonchev–Trinajstić information content (AvgIpc) is 3.68. The topological polar surface area (TPSA) is 90.7 Å². The molecule has 0 bridgehead atoms. The second kappa shape index (κ2) is 9.31. The first kappa shape index (κ1) is 22.3. The van der Waals surface area contributed by atoms with Crippen molar-refractivity contribution >= 4 is 15.9 Å². The van der Waals surface area contributed by atoms with Crippen LogP contribution in [-0.2, 0) is 21.4 Å². The van der Waals surface area contributed by atoms with Gasteiger partial charge in [-0.1, -0.05) is 24.3 Å². The van der Waals surface area contributed by atoms with Gasteiger partial charge in [-0.05, 0) is 55.5 Å². The number of methoxy groups -OCH3 is 1. The van der Waals surface area contributed by atoms with Crippen molar-refractivity contribution in [1.82, 2.24) is 9.21 Å². The molecule has 1 aliphatic heterocycles. The third-order valence-electron chi connectivity index (χ3n) is 6.21. The van der Waals surface area contributed by atoms with Crippen LogP contribution in [0.5, 0.6) is 5.75 Å². The minimum Gasteiger partial charge on any atom is -0.497 e. The van der Waals surface area contributed by atoms with E-state index in [0.29, 0.717) is 19.4 Å². The predicted molar refractivity (Wildman–Crippen MR) is 119 cm³/mol. The molecule has 7 nitrogen and oxygen atoms in total. The normalized spacial score (nSPS) is 17.5. The Morgan fingerprint density at radius 1 is 1.09 bits per heavy atom. The summed E-state index contributed by atoms with van der Waals surface area (Å²) in [6.07, 6.45) is 3.00. The van der Waals surface area contributed by atoms with Crippen LogP contribution in [0.25, 0.3) is 0 Å². The lowest BCUT2D eigenvalue weighted by Crippen LogP contribution is -2.45. The summed E-state index contributed by atoms with van der Waals surface area (Å²) in [6, 6.07) is 16.2. The summed E-state index contributed by atoms with van der Waals surface area (Å²) < 4.78 is 32.7. The number of carbonyl (C=O) groups is 1.